The maximum atomic E-state index is 12.0. The second-order valence-corrected chi connectivity index (χ2v) is 6.26. The molecule has 2 amide bonds. The van der Waals surface area contributed by atoms with E-state index in [-0.39, 0.29) is 17.8 Å². The summed E-state index contributed by atoms with van der Waals surface area (Å²) in [5.74, 6) is 2.87. The van der Waals surface area contributed by atoms with Crippen LogP contribution in [-0.4, -0.2) is 29.2 Å². The third-order valence-corrected chi connectivity index (χ3v) is 4.50. The summed E-state index contributed by atoms with van der Waals surface area (Å²) in [5.41, 5.74) is 0.842. The quantitative estimate of drug-likeness (QED) is 0.432. The van der Waals surface area contributed by atoms with Crippen molar-refractivity contribution in [2.75, 3.05) is 13.2 Å². The summed E-state index contributed by atoms with van der Waals surface area (Å²) in [7, 11) is 0. The zero-order valence-corrected chi connectivity index (χ0v) is 14.2. The number of rotatable bonds is 4. The zero-order chi connectivity index (χ0) is 15.4. The van der Waals surface area contributed by atoms with Gasteiger partial charge in [0, 0.05) is 6.54 Å². The van der Waals surface area contributed by atoms with Gasteiger partial charge in [-0.1, -0.05) is 12.0 Å². The summed E-state index contributed by atoms with van der Waals surface area (Å²) >= 11 is 3.10. The second kappa shape index (κ2) is 7.00. The maximum absolute atomic E-state index is 12.0. The van der Waals surface area contributed by atoms with Crippen molar-refractivity contribution < 1.29 is 14.3 Å². The number of benzene rings is 1. The van der Waals surface area contributed by atoms with Crippen molar-refractivity contribution in [3.05, 3.63) is 32.2 Å². The van der Waals surface area contributed by atoms with Gasteiger partial charge in [0.2, 0.25) is 0 Å². The van der Waals surface area contributed by atoms with Gasteiger partial charge in [0.25, 0.3) is 11.1 Å². The van der Waals surface area contributed by atoms with E-state index >= 15 is 0 Å². The molecule has 1 heterocycles. The van der Waals surface area contributed by atoms with Crippen LogP contribution in [0.25, 0.3) is 6.08 Å². The van der Waals surface area contributed by atoms with Crippen molar-refractivity contribution in [2.45, 2.75) is 6.92 Å². The van der Waals surface area contributed by atoms with Gasteiger partial charge < -0.3 is 4.74 Å². The summed E-state index contributed by atoms with van der Waals surface area (Å²) in [6.07, 6.45) is 6.87. The van der Waals surface area contributed by atoms with Crippen LogP contribution in [0.4, 0.5) is 4.79 Å². The van der Waals surface area contributed by atoms with Crippen LogP contribution in [0.3, 0.4) is 0 Å². The third kappa shape index (κ3) is 3.60. The first kappa shape index (κ1) is 15.9. The Labute approximate surface area is 141 Å². The van der Waals surface area contributed by atoms with Gasteiger partial charge in [0.05, 0.1) is 8.48 Å². The average Bonchev–Trinajstić information content (AvgIpc) is 2.72. The molecule has 1 aromatic carbocycles. The Hall–Kier alpha value is -1.46. The molecule has 0 unspecified atom stereocenters. The van der Waals surface area contributed by atoms with E-state index in [1.165, 1.54) is 4.90 Å². The number of nitrogens with zero attached hydrogens (tertiary/aromatic N) is 1. The van der Waals surface area contributed by atoms with Crippen molar-refractivity contribution in [3.8, 4) is 18.1 Å². The number of imide groups is 1. The van der Waals surface area contributed by atoms with E-state index in [1.807, 2.05) is 12.1 Å². The lowest BCUT2D eigenvalue weighted by Gasteiger charge is -2.07. The van der Waals surface area contributed by atoms with E-state index in [4.69, 9.17) is 11.2 Å². The highest BCUT2D eigenvalue weighted by atomic mass is 127. The third-order valence-electron chi connectivity index (χ3n) is 2.75. The van der Waals surface area contributed by atoms with Crippen LogP contribution in [-0.2, 0) is 4.79 Å². The van der Waals surface area contributed by atoms with Crippen LogP contribution in [0.5, 0.6) is 5.75 Å². The Morgan fingerprint density at radius 2 is 2.24 bits per heavy atom. The number of halogens is 1. The predicted octanol–water partition coefficient (Wildman–Crippen LogP) is 3.36. The molecular formula is C15H12INO3S. The minimum Gasteiger partial charge on any atom is -0.480 e. The summed E-state index contributed by atoms with van der Waals surface area (Å²) in [4.78, 5) is 25.3. The Morgan fingerprint density at radius 3 is 2.81 bits per heavy atom. The molecule has 2 rings (SSSR count). The van der Waals surface area contributed by atoms with Crippen LogP contribution in [0.15, 0.2) is 23.1 Å². The lowest BCUT2D eigenvalue weighted by molar-refractivity contribution is -0.122. The first-order valence-corrected chi connectivity index (χ1v) is 8.07. The molecule has 1 aliphatic heterocycles. The number of thioether (sulfide) groups is 1. The van der Waals surface area contributed by atoms with E-state index in [0.717, 1.165) is 20.9 Å². The molecule has 0 spiro atoms. The largest absolute Gasteiger partial charge is 0.480 e. The van der Waals surface area contributed by atoms with Gasteiger partial charge in [-0.3, -0.25) is 14.5 Å². The molecular weight excluding hydrogens is 401 g/mol. The number of hydrogen-bond donors (Lipinski definition) is 0. The van der Waals surface area contributed by atoms with Crippen molar-refractivity contribution in [1.82, 2.24) is 4.90 Å². The highest BCUT2D eigenvalue weighted by molar-refractivity contribution is 14.1. The van der Waals surface area contributed by atoms with Crippen molar-refractivity contribution >= 4 is 51.6 Å². The van der Waals surface area contributed by atoms with Gasteiger partial charge >= 0.3 is 0 Å². The molecule has 6 heteroatoms. The SMILES string of the molecule is C#CCOc1ccc(/C=C2/SC(=O)N(CC)C2=O)cc1I. The Balaban J connectivity index is 2.22. The molecule has 1 aliphatic rings. The van der Waals surface area contributed by atoms with Crippen LogP contribution in [0.1, 0.15) is 12.5 Å². The number of carbonyl (C=O) groups is 2. The molecule has 0 radical (unpaired) electrons. The van der Waals surface area contributed by atoms with Crippen LogP contribution in [0, 0.1) is 15.9 Å². The minimum atomic E-state index is -0.241. The van der Waals surface area contributed by atoms with E-state index in [1.54, 1.807) is 19.1 Å². The number of ether oxygens (including phenoxy) is 1. The molecule has 0 N–H and O–H groups in total. The molecule has 0 aliphatic carbocycles. The van der Waals surface area contributed by atoms with E-state index in [2.05, 4.69) is 28.5 Å². The van der Waals surface area contributed by atoms with Gasteiger partial charge in [0.1, 0.15) is 12.4 Å². The minimum absolute atomic E-state index is 0.213. The lowest BCUT2D eigenvalue weighted by Crippen LogP contribution is -2.27. The normalized spacial score (nSPS) is 16.4. The highest BCUT2D eigenvalue weighted by Crippen LogP contribution is 2.32. The van der Waals surface area contributed by atoms with Crippen molar-refractivity contribution in [3.63, 3.8) is 0 Å². The fourth-order valence-electron chi connectivity index (χ4n) is 1.77. The number of carbonyl (C=O) groups excluding carboxylic acids is 2. The number of likely N-dealkylation sites (N-methyl/N-ethyl adjacent to an activating group) is 1. The van der Waals surface area contributed by atoms with E-state index in [0.29, 0.717) is 17.2 Å². The smallest absolute Gasteiger partial charge is 0.293 e. The molecule has 1 fully saturated rings. The summed E-state index contributed by atoms with van der Waals surface area (Å²) < 4.78 is 6.28. The second-order valence-electron chi connectivity index (χ2n) is 4.11. The van der Waals surface area contributed by atoms with Gasteiger partial charge in [-0.25, -0.2) is 0 Å². The van der Waals surface area contributed by atoms with Gasteiger partial charge in [-0.05, 0) is 65.0 Å². The molecule has 0 saturated carbocycles. The topological polar surface area (TPSA) is 46.6 Å². The zero-order valence-electron chi connectivity index (χ0n) is 11.3. The first-order valence-electron chi connectivity index (χ1n) is 6.18. The molecule has 4 nitrogen and oxygen atoms in total. The summed E-state index contributed by atoms with van der Waals surface area (Å²) in [6.45, 7) is 2.38. The molecule has 0 atom stereocenters. The standard InChI is InChI=1S/C15H12INO3S/c1-3-7-20-12-6-5-10(8-11(12)16)9-13-14(18)17(4-2)15(19)21-13/h1,5-6,8-9H,4,7H2,2H3/b13-9+. The molecule has 21 heavy (non-hydrogen) atoms. The Kier molecular flexibility index (Phi) is 5.31. The first-order chi connectivity index (χ1) is 10.1. The Morgan fingerprint density at radius 1 is 1.48 bits per heavy atom. The average molecular weight is 413 g/mol. The monoisotopic (exact) mass is 413 g/mol. The molecule has 108 valence electrons. The fraction of sp³-hybridized carbons (Fsp3) is 0.200. The summed E-state index contributed by atoms with van der Waals surface area (Å²) in [6, 6.07) is 5.51. The van der Waals surface area contributed by atoms with E-state index < -0.39 is 0 Å². The van der Waals surface area contributed by atoms with Gasteiger partial charge in [0.15, 0.2) is 0 Å². The number of amides is 2. The molecule has 0 aromatic heterocycles. The number of hydrogen-bond acceptors (Lipinski definition) is 4. The van der Waals surface area contributed by atoms with Crippen molar-refractivity contribution in [2.24, 2.45) is 0 Å². The van der Waals surface area contributed by atoms with Crippen molar-refractivity contribution in [1.29, 1.82) is 0 Å². The number of terminal acetylenes is 1. The molecule has 0 bridgehead atoms. The highest BCUT2D eigenvalue weighted by Gasteiger charge is 2.33. The fourth-order valence-corrected chi connectivity index (χ4v) is 3.37. The van der Waals surface area contributed by atoms with Crippen LogP contribution in [0.2, 0.25) is 0 Å². The van der Waals surface area contributed by atoms with E-state index in [9.17, 15) is 9.59 Å². The predicted molar refractivity (Wildman–Crippen MR) is 91.8 cm³/mol. The van der Waals surface area contributed by atoms with Crippen LogP contribution >= 0.6 is 34.4 Å². The summed E-state index contributed by atoms with van der Waals surface area (Å²) in [5, 5.41) is -0.225. The molecule has 1 aromatic rings. The van der Waals surface area contributed by atoms with Gasteiger partial charge in [-0.15, -0.1) is 6.42 Å². The molecule has 1 saturated heterocycles. The lowest BCUT2D eigenvalue weighted by atomic mass is 10.2. The van der Waals surface area contributed by atoms with Crippen LogP contribution < -0.4 is 4.74 Å². The maximum Gasteiger partial charge on any atom is 0.293 e. The Bertz CT molecular complexity index is 663. The van der Waals surface area contributed by atoms with Gasteiger partial charge in [-0.2, -0.15) is 0 Å².